The van der Waals surface area contributed by atoms with Crippen molar-refractivity contribution in [2.75, 3.05) is 0 Å². The zero-order chi connectivity index (χ0) is 25.8. The lowest BCUT2D eigenvalue weighted by Crippen LogP contribution is -2.30. The van der Waals surface area contributed by atoms with Crippen molar-refractivity contribution < 1.29 is 14.3 Å². The highest BCUT2D eigenvalue weighted by molar-refractivity contribution is 7.98. The number of benzene rings is 2. The summed E-state index contributed by atoms with van der Waals surface area (Å²) in [5.74, 6) is -0.785. The second-order valence-electron chi connectivity index (χ2n) is 9.60. The average molecular weight is 564 g/mol. The largest absolute Gasteiger partial charge is 0.478 e. The molecule has 0 saturated heterocycles. The zero-order valence-electron chi connectivity index (χ0n) is 19.4. The smallest absolute Gasteiger partial charge is 0.335 e. The van der Waals surface area contributed by atoms with Crippen LogP contribution < -0.4 is 0 Å². The molecule has 4 nitrogen and oxygen atoms in total. The third-order valence-corrected chi connectivity index (χ3v) is 9.11. The van der Waals surface area contributed by atoms with Crippen molar-refractivity contribution in [2.45, 2.75) is 42.1 Å². The number of carbonyl (C=O) groups is 1. The molecule has 186 valence electrons. The van der Waals surface area contributed by atoms with Gasteiger partial charge < -0.3 is 9.67 Å². The zero-order valence-corrected chi connectivity index (χ0v) is 22.5. The van der Waals surface area contributed by atoms with Crippen LogP contribution >= 0.6 is 46.6 Å². The van der Waals surface area contributed by atoms with E-state index in [1.165, 1.54) is 23.9 Å². The van der Waals surface area contributed by atoms with Gasteiger partial charge in [-0.2, -0.15) is 0 Å². The summed E-state index contributed by atoms with van der Waals surface area (Å²) >= 11 is 20.4. The molecular weight excluding hydrogens is 542 g/mol. The maximum Gasteiger partial charge on any atom is 0.335 e. The average Bonchev–Trinajstić information content (AvgIpc) is 3.38. The van der Waals surface area contributed by atoms with Gasteiger partial charge in [0.2, 0.25) is 0 Å². The second-order valence-corrected chi connectivity index (χ2v) is 11.8. The molecule has 9 heteroatoms. The number of halogens is 4. The van der Waals surface area contributed by atoms with E-state index in [0.717, 1.165) is 22.8 Å². The van der Waals surface area contributed by atoms with Crippen LogP contribution in [0.1, 0.15) is 47.4 Å². The summed E-state index contributed by atoms with van der Waals surface area (Å²) in [7, 11) is 0. The molecule has 3 aromatic rings. The number of aromatic carboxylic acids is 1. The number of allylic oxidation sites excluding steroid dienone is 4. The Labute approximate surface area is 227 Å². The van der Waals surface area contributed by atoms with E-state index in [0.29, 0.717) is 26.4 Å². The first-order chi connectivity index (χ1) is 17.0. The normalized spacial score (nSPS) is 20.7. The molecule has 2 aliphatic rings. The molecule has 0 amide bonds. The summed E-state index contributed by atoms with van der Waals surface area (Å²) in [6, 6.07) is 10.3. The van der Waals surface area contributed by atoms with Crippen LogP contribution in [0.25, 0.3) is 0 Å². The minimum Gasteiger partial charge on any atom is -0.478 e. The van der Waals surface area contributed by atoms with E-state index in [2.05, 4.69) is 18.4 Å². The third kappa shape index (κ3) is 4.38. The first-order valence-corrected chi connectivity index (χ1v) is 13.4. The summed E-state index contributed by atoms with van der Waals surface area (Å²) in [6.45, 7) is 4.19. The van der Waals surface area contributed by atoms with Crippen LogP contribution in [-0.2, 0) is 16.7 Å². The third-order valence-electron chi connectivity index (χ3n) is 7.00. The molecule has 0 radical (unpaired) electrons. The quantitative estimate of drug-likeness (QED) is 0.294. The van der Waals surface area contributed by atoms with E-state index in [4.69, 9.17) is 39.8 Å². The minimum atomic E-state index is -1.01. The van der Waals surface area contributed by atoms with E-state index < -0.39 is 16.9 Å². The Morgan fingerprint density at radius 3 is 2.64 bits per heavy atom. The Morgan fingerprint density at radius 2 is 1.94 bits per heavy atom. The fourth-order valence-corrected chi connectivity index (χ4v) is 6.37. The lowest BCUT2D eigenvalue weighted by atomic mass is 9.81. The summed E-state index contributed by atoms with van der Waals surface area (Å²) in [5, 5.41) is 11.6. The number of thioether (sulfide) groups is 1. The maximum atomic E-state index is 14.0. The van der Waals surface area contributed by atoms with Crippen molar-refractivity contribution in [1.29, 1.82) is 0 Å². The molecule has 1 aromatic heterocycles. The Bertz CT molecular complexity index is 1450. The minimum absolute atomic E-state index is 0.0262. The number of nitrogens with zero attached hydrogens (tertiary/aromatic N) is 2. The van der Waals surface area contributed by atoms with Gasteiger partial charge >= 0.3 is 5.97 Å². The second kappa shape index (κ2) is 9.25. The molecule has 2 aromatic carbocycles. The molecule has 2 aliphatic carbocycles. The highest BCUT2D eigenvalue weighted by Crippen LogP contribution is 2.58. The van der Waals surface area contributed by atoms with Gasteiger partial charge in [0.05, 0.1) is 27.3 Å². The lowest BCUT2D eigenvalue weighted by Gasteiger charge is -2.31. The predicted molar refractivity (Wildman–Crippen MR) is 143 cm³/mol. The summed E-state index contributed by atoms with van der Waals surface area (Å²) in [4.78, 5) is 16.2. The molecule has 1 N–H and O–H groups in total. The van der Waals surface area contributed by atoms with Gasteiger partial charge in [0.25, 0.3) is 0 Å². The molecule has 0 spiro atoms. The van der Waals surface area contributed by atoms with Gasteiger partial charge in [0.15, 0.2) is 5.16 Å². The van der Waals surface area contributed by atoms with E-state index in [9.17, 15) is 14.3 Å². The molecule has 36 heavy (non-hydrogen) atoms. The van der Waals surface area contributed by atoms with E-state index in [-0.39, 0.29) is 17.3 Å². The summed E-state index contributed by atoms with van der Waals surface area (Å²) in [6.07, 6.45) is 7.72. The SMILES string of the molecule is CC(C)(c1ccc(Cl)c(Cl)c1)c1cnc(SCc2cc(C(=O)O)ccc2Cl)n1C12C=CC(F)=CC1C2. The standard InChI is InChI=1S/C27H22Cl3FN2O2S/c1-26(2,17-4-6-21(29)22(30)11-17)23-13-32-25(33(23)27-8-7-19(31)10-18(27)12-27)36-14-16-9-15(24(34)35)3-5-20(16)28/h3-11,13,18H,12,14H2,1-2H3,(H,34,35). The maximum absolute atomic E-state index is 14.0. The highest BCUT2D eigenvalue weighted by atomic mass is 35.5. The van der Waals surface area contributed by atoms with E-state index in [1.54, 1.807) is 24.3 Å². The van der Waals surface area contributed by atoms with Crippen molar-refractivity contribution in [3.8, 4) is 0 Å². The summed E-state index contributed by atoms with van der Waals surface area (Å²) in [5.41, 5.74) is 1.91. The molecule has 2 atom stereocenters. The predicted octanol–water partition coefficient (Wildman–Crippen LogP) is 8.30. The monoisotopic (exact) mass is 562 g/mol. The molecule has 1 fully saturated rings. The number of rotatable bonds is 7. The van der Waals surface area contributed by atoms with E-state index in [1.807, 2.05) is 24.4 Å². The van der Waals surface area contributed by atoms with Gasteiger partial charge in [0.1, 0.15) is 5.83 Å². The molecule has 1 saturated carbocycles. The number of imidazole rings is 1. The van der Waals surface area contributed by atoms with Crippen LogP contribution in [0.15, 0.2) is 71.8 Å². The number of carboxylic acid groups (broad SMARTS) is 1. The van der Waals surface area contributed by atoms with Crippen LogP contribution in [0.3, 0.4) is 0 Å². The van der Waals surface area contributed by atoms with Crippen LogP contribution in [0.2, 0.25) is 15.1 Å². The van der Waals surface area contributed by atoms with Crippen LogP contribution in [-0.4, -0.2) is 20.6 Å². The van der Waals surface area contributed by atoms with Gasteiger partial charge in [-0.1, -0.05) is 72.6 Å². The Balaban J connectivity index is 1.56. The van der Waals surface area contributed by atoms with Gasteiger partial charge in [-0.25, -0.2) is 14.2 Å². The number of aromatic nitrogens is 2. The van der Waals surface area contributed by atoms with Gasteiger partial charge in [-0.3, -0.25) is 0 Å². The Kier molecular flexibility index (Phi) is 6.53. The fourth-order valence-electron chi connectivity index (χ4n) is 4.76. The number of hydrogen-bond acceptors (Lipinski definition) is 3. The van der Waals surface area contributed by atoms with Crippen LogP contribution in [0.4, 0.5) is 4.39 Å². The number of carboxylic acids is 1. The van der Waals surface area contributed by atoms with Crippen LogP contribution in [0, 0.1) is 5.92 Å². The molecule has 2 unspecified atom stereocenters. The van der Waals surface area contributed by atoms with Crippen molar-refractivity contribution in [2.24, 2.45) is 5.92 Å². The van der Waals surface area contributed by atoms with Gasteiger partial charge in [-0.05, 0) is 60.0 Å². The Morgan fingerprint density at radius 1 is 1.19 bits per heavy atom. The molecule has 5 rings (SSSR count). The molecule has 1 heterocycles. The molecular formula is C27H22Cl3FN2O2S. The van der Waals surface area contributed by atoms with Gasteiger partial charge in [0, 0.05) is 27.8 Å². The number of hydrogen-bond donors (Lipinski definition) is 1. The van der Waals surface area contributed by atoms with Gasteiger partial charge in [-0.15, -0.1) is 0 Å². The Hall–Kier alpha value is -2.25. The van der Waals surface area contributed by atoms with Crippen molar-refractivity contribution >= 4 is 52.5 Å². The van der Waals surface area contributed by atoms with E-state index >= 15 is 0 Å². The van der Waals surface area contributed by atoms with Crippen LogP contribution in [0.5, 0.6) is 0 Å². The number of fused-ring (bicyclic) bond motifs is 1. The highest BCUT2D eigenvalue weighted by Gasteiger charge is 2.56. The topological polar surface area (TPSA) is 55.1 Å². The van der Waals surface area contributed by atoms with Crippen molar-refractivity contribution in [3.63, 3.8) is 0 Å². The first kappa shape index (κ1) is 25.4. The fraction of sp³-hybridized carbons (Fsp3) is 0.259. The molecule has 0 bridgehead atoms. The molecule has 0 aliphatic heterocycles. The first-order valence-electron chi connectivity index (χ1n) is 11.3. The summed E-state index contributed by atoms with van der Waals surface area (Å²) < 4.78 is 16.2. The lowest BCUT2D eigenvalue weighted by molar-refractivity contribution is 0.0696. The van der Waals surface area contributed by atoms with Crippen molar-refractivity contribution in [3.05, 3.63) is 104 Å². The van der Waals surface area contributed by atoms with Crippen molar-refractivity contribution in [1.82, 2.24) is 9.55 Å².